The first-order chi connectivity index (χ1) is 7.67. The molecule has 0 radical (unpaired) electrons. The van der Waals surface area contributed by atoms with E-state index in [1.165, 1.54) is 12.8 Å². The highest BCUT2D eigenvalue weighted by Gasteiger charge is 2.41. The summed E-state index contributed by atoms with van der Waals surface area (Å²) in [6.07, 6.45) is 3.57. The molecule has 0 aliphatic heterocycles. The molecule has 2 rings (SSSR count). The second-order valence-electron chi connectivity index (χ2n) is 4.31. The molecule has 0 bridgehead atoms. The van der Waals surface area contributed by atoms with Crippen LogP contribution in [0.15, 0.2) is 0 Å². The third kappa shape index (κ3) is 2.60. The van der Waals surface area contributed by atoms with Gasteiger partial charge < -0.3 is 5.32 Å². The largest absolute Gasteiger partial charge is 0.351 e. The molecule has 0 spiro atoms. The van der Waals surface area contributed by atoms with Gasteiger partial charge in [-0.3, -0.25) is 4.79 Å². The Kier molecular flexibility index (Phi) is 3.59. The first-order valence-electron chi connectivity index (χ1n) is 5.30. The minimum Gasteiger partial charge on any atom is -0.351 e. The normalized spacial score (nSPS) is 17.1. The van der Waals surface area contributed by atoms with E-state index in [1.54, 1.807) is 0 Å². The Morgan fingerprint density at radius 2 is 2.38 bits per heavy atom. The number of carbonyl (C=O) groups is 1. The van der Waals surface area contributed by atoms with Crippen LogP contribution >= 0.6 is 27.5 Å². The molecule has 0 aromatic carbocycles. The van der Waals surface area contributed by atoms with Crippen molar-refractivity contribution in [1.82, 2.24) is 14.9 Å². The number of halogens is 1. The van der Waals surface area contributed by atoms with Gasteiger partial charge in [0.1, 0.15) is 4.88 Å². The van der Waals surface area contributed by atoms with Crippen LogP contribution < -0.4 is 5.32 Å². The zero-order chi connectivity index (χ0) is 11.6. The van der Waals surface area contributed by atoms with Crippen LogP contribution in [0, 0.1) is 12.3 Å². The highest BCUT2D eigenvalue weighted by atomic mass is 79.9. The molecule has 6 heteroatoms. The quantitative estimate of drug-likeness (QED) is 0.848. The van der Waals surface area contributed by atoms with Crippen molar-refractivity contribution in [2.24, 2.45) is 5.41 Å². The van der Waals surface area contributed by atoms with Crippen LogP contribution in [0.3, 0.4) is 0 Å². The summed E-state index contributed by atoms with van der Waals surface area (Å²) in [5.74, 6) is -0.0339. The summed E-state index contributed by atoms with van der Waals surface area (Å²) in [6, 6.07) is 0. The van der Waals surface area contributed by atoms with Crippen molar-refractivity contribution < 1.29 is 4.79 Å². The second-order valence-corrected chi connectivity index (χ2v) is 5.86. The summed E-state index contributed by atoms with van der Waals surface area (Å²) in [5, 5.41) is 7.82. The Morgan fingerprint density at radius 3 is 2.88 bits per heavy atom. The van der Waals surface area contributed by atoms with Crippen LogP contribution in [-0.2, 0) is 0 Å². The summed E-state index contributed by atoms with van der Waals surface area (Å²) in [7, 11) is 0. The van der Waals surface area contributed by atoms with E-state index in [4.69, 9.17) is 0 Å². The summed E-state index contributed by atoms with van der Waals surface area (Å²) in [4.78, 5) is 12.4. The van der Waals surface area contributed by atoms with Crippen molar-refractivity contribution in [1.29, 1.82) is 0 Å². The summed E-state index contributed by atoms with van der Waals surface area (Å²) < 4.78 is 3.76. The van der Waals surface area contributed by atoms with E-state index in [2.05, 4.69) is 30.8 Å². The monoisotopic (exact) mass is 303 g/mol. The van der Waals surface area contributed by atoms with Crippen LogP contribution in [0.1, 0.15) is 34.6 Å². The average Bonchev–Trinajstić information content (AvgIpc) is 2.89. The average molecular weight is 304 g/mol. The van der Waals surface area contributed by atoms with E-state index in [-0.39, 0.29) is 5.91 Å². The maximum atomic E-state index is 11.8. The Morgan fingerprint density at radius 1 is 1.62 bits per heavy atom. The molecule has 1 aromatic heterocycles. The SMILES string of the molecule is Cc1nnsc1C(=O)NCC1(CCBr)CC1. The van der Waals surface area contributed by atoms with Gasteiger partial charge in [0.15, 0.2) is 0 Å². The van der Waals surface area contributed by atoms with Crippen LogP contribution in [0.4, 0.5) is 0 Å². The molecule has 1 aromatic rings. The highest BCUT2D eigenvalue weighted by molar-refractivity contribution is 9.09. The van der Waals surface area contributed by atoms with E-state index >= 15 is 0 Å². The highest BCUT2D eigenvalue weighted by Crippen LogP contribution is 2.48. The number of rotatable bonds is 5. The van der Waals surface area contributed by atoms with Gasteiger partial charge in [-0.1, -0.05) is 20.4 Å². The smallest absolute Gasteiger partial charge is 0.264 e. The zero-order valence-electron chi connectivity index (χ0n) is 9.12. The van der Waals surface area contributed by atoms with E-state index in [1.807, 2.05) is 6.92 Å². The third-order valence-electron chi connectivity index (χ3n) is 3.06. The molecule has 1 heterocycles. The molecule has 0 saturated heterocycles. The lowest BCUT2D eigenvalue weighted by molar-refractivity contribution is 0.0947. The van der Waals surface area contributed by atoms with Crippen molar-refractivity contribution in [3.8, 4) is 0 Å². The number of aromatic nitrogens is 2. The maximum absolute atomic E-state index is 11.8. The molecule has 4 nitrogen and oxygen atoms in total. The van der Waals surface area contributed by atoms with Gasteiger partial charge in [0, 0.05) is 11.9 Å². The van der Waals surface area contributed by atoms with E-state index in [0.717, 1.165) is 29.8 Å². The fourth-order valence-corrected chi connectivity index (χ4v) is 3.09. The van der Waals surface area contributed by atoms with E-state index in [9.17, 15) is 4.79 Å². The van der Waals surface area contributed by atoms with E-state index in [0.29, 0.717) is 16.0 Å². The molecule has 88 valence electrons. The lowest BCUT2D eigenvalue weighted by Gasteiger charge is -2.13. The Hall–Kier alpha value is -0.490. The first-order valence-corrected chi connectivity index (χ1v) is 7.19. The van der Waals surface area contributed by atoms with Gasteiger partial charge in [-0.25, -0.2) is 0 Å². The van der Waals surface area contributed by atoms with Crippen LogP contribution in [0.2, 0.25) is 0 Å². The summed E-state index contributed by atoms with van der Waals surface area (Å²) in [6.45, 7) is 2.58. The molecule has 1 aliphatic rings. The molecule has 1 N–H and O–H groups in total. The fraction of sp³-hybridized carbons (Fsp3) is 0.700. The van der Waals surface area contributed by atoms with Crippen LogP contribution in [0.5, 0.6) is 0 Å². The molecule has 0 atom stereocenters. The Bertz CT molecular complexity index is 389. The molecule has 1 aliphatic carbocycles. The third-order valence-corrected chi connectivity index (χ3v) is 4.29. The minimum absolute atomic E-state index is 0.0339. The number of alkyl halides is 1. The number of amides is 1. The van der Waals surface area contributed by atoms with Crippen LogP contribution in [0.25, 0.3) is 0 Å². The number of hydrogen-bond donors (Lipinski definition) is 1. The van der Waals surface area contributed by atoms with Gasteiger partial charge in [0.25, 0.3) is 5.91 Å². The second kappa shape index (κ2) is 4.79. The molecule has 1 saturated carbocycles. The van der Waals surface area contributed by atoms with Crippen LogP contribution in [-0.4, -0.2) is 27.4 Å². The van der Waals surface area contributed by atoms with Gasteiger partial charge in [-0.15, -0.1) is 5.10 Å². The van der Waals surface area contributed by atoms with Gasteiger partial charge in [-0.2, -0.15) is 0 Å². The van der Waals surface area contributed by atoms with Gasteiger partial charge >= 0.3 is 0 Å². The lowest BCUT2D eigenvalue weighted by Crippen LogP contribution is -2.30. The predicted octanol–water partition coefficient (Wildman–Crippen LogP) is 2.14. The van der Waals surface area contributed by atoms with Crippen molar-refractivity contribution in [2.75, 3.05) is 11.9 Å². The van der Waals surface area contributed by atoms with E-state index < -0.39 is 0 Å². The summed E-state index contributed by atoms with van der Waals surface area (Å²) in [5.41, 5.74) is 1.07. The van der Waals surface area contributed by atoms with Crippen molar-refractivity contribution in [3.63, 3.8) is 0 Å². The molecule has 1 fully saturated rings. The number of hydrogen-bond acceptors (Lipinski definition) is 4. The van der Waals surface area contributed by atoms with Crippen molar-refractivity contribution >= 4 is 33.4 Å². The van der Waals surface area contributed by atoms with Gasteiger partial charge in [-0.05, 0) is 43.1 Å². The number of carbonyl (C=O) groups excluding carboxylic acids is 1. The fourth-order valence-electron chi connectivity index (χ4n) is 1.68. The van der Waals surface area contributed by atoms with Gasteiger partial charge in [0.2, 0.25) is 0 Å². The molecule has 1 amide bonds. The zero-order valence-corrected chi connectivity index (χ0v) is 11.5. The molecule has 0 unspecified atom stereocenters. The number of aryl methyl sites for hydroxylation is 1. The first kappa shape index (κ1) is 12.0. The molecule has 16 heavy (non-hydrogen) atoms. The minimum atomic E-state index is -0.0339. The Labute approximate surface area is 107 Å². The predicted molar refractivity (Wildman–Crippen MR) is 67.1 cm³/mol. The number of nitrogens with one attached hydrogen (secondary N) is 1. The van der Waals surface area contributed by atoms with Gasteiger partial charge in [0.05, 0.1) is 5.69 Å². The standard InChI is InChI=1S/C10H14BrN3OS/c1-7-8(16-14-13-7)9(15)12-6-10(2-3-10)4-5-11/h2-6H2,1H3,(H,12,15). The Balaban J connectivity index is 1.87. The molecular formula is C10H14BrN3OS. The number of nitrogens with zero attached hydrogens (tertiary/aromatic N) is 2. The molecular weight excluding hydrogens is 290 g/mol. The topological polar surface area (TPSA) is 54.9 Å². The summed E-state index contributed by atoms with van der Waals surface area (Å²) >= 11 is 4.61. The van der Waals surface area contributed by atoms with Crippen molar-refractivity contribution in [2.45, 2.75) is 26.2 Å². The lowest BCUT2D eigenvalue weighted by atomic mass is 10.0. The van der Waals surface area contributed by atoms with Crippen molar-refractivity contribution in [3.05, 3.63) is 10.6 Å². The maximum Gasteiger partial charge on any atom is 0.264 e.